The predicted molar refractivity (Wildman–Crippen MR) is 169 cm³/mol. The molecule has 0 spiro atoms. The number of nitrogens with zero attached hydrogens (tertiary/aromatic N) is 1. The summed E-state index contributed by atoms with van der Waals surface area (Å²) in [5.41, 5.74) is 5.76. The second-order valence-corrected chi connectivity index (χ2v) is 11.4. The lowest BCUT2D eigenvalue weighted by Gasteiger charge is -2.43. The molecule has 2 heterocycles. The molecule has 0 aromatic heterocycles. The number of aliphatic hydroxyl groups is 1. The molecule has 2 amide bonds. The van der Waals surface area contributed by atoms with Crippen molar-refractivity contribution in [2.75, 3.05) is 46.0 Å². The van der Waals surface area contributed by atoms with Gasteiger partial charge >= 0.3 is 12.0 Å². The van der Waals surface area contributed by atoms with Gasteiger partial charge in [-0.05, 0) is 34.7 Å². The Kier molecular flexibility index (Phi) is 11.6. The van der Waals surface area contributed by atoms with Crippen molar-refractivity contribution in [2.45, 2.75) is 45.5 Å². The van der Waals surface area contributed by atoms with Crippen molar-refractivity contribution in [2.24, 2.45) is 5.92 Å². The first-order valence-electron chi connectivity index (χ1n) is 15.6. The lowest BCUT2D eigenvalue weighted by molar-refractivity contribution is -0.277. The number of aliphatic hydroxyl groups excluding tert-OH is 1. The van der Waals surface area contributed by atoms with E-state index in [1.54, 1.807) is 6.92 Å². The summed E-state index contributed by atoms with van der Waals surface area (Å²) in [6.45, 7) is 8.27. The van der Waals surface area contributed by atoms with Crippen molar-refractivity contribution >= 4 is 12.0 Å². The predicted octanol–water partition coefficient (Wildman–Crippen LogP) is 4.33. The van der Waals surface area contributed by atoms with E-state index in [0.29, 0.717) is 6.54 Å². The fourth-order valence-corrected chi connectivity index (χ4v) is 5.74. The van der Waals surface area contributed by atoms with E-state index in [1.807, 2.05) is 72.8 Å². The molecule has 4 atom stereocenters. The summed E-state index contributed by atoms with van der Waals surface area (Å²) >= 11 is 0. The standard InChI is InChI=1S/C35H43N3O7/c1-3-43-32(40)21-37-35(41)36-20-29-6-4-5-7-30(29)26-12-14-28(15-13-26)34-44-31(22-38-16-18-42-19-17-38)24(2)33(45-34)27-10-8-25(23-39)9-11-27/h4-15,24,31,33-34,39H,3,16-23H2,1-2H3,(H2,36,37,41)/t24-,31+,33+,34+/m0/s1. The van der Waals surface area contributed by atoms with Gasteiger partial charge in [0, 0.05) is 37.7 Å². The summed E-state index contributed by atoms with van der Waals surface area (Å²) in [6, 6.07) is 23.5. The first-order chi connectivity index (χ1) is 21.9. The minimum absolute atomic E-state index is 0.000962. The Labute approximate surface area is 264 Å². The van der Waals surface area contributed by atoms with Crippen LogP contribution in [0.25, 0.3) is 11.1 Å². The number of hydrogen-bond donors (Lipinski definition) is 3. The van der Waals surface area contributed by atoms with Gasteiger partial charge in [-0.2, -0.15) is 0 Å². The number of carbonyl (C=O) groups is 2. The van der Waals surface area contributed by atoms with E-state index in [4.69, 9.17) is 18.9 Å². The van der Waals surface area contributed by atoms with Crippen LogP contribution >= 0.6 is 0 Å². The lowest BCUT2D eigenvalue weighted by Crippen LogP contribution is -2.47. The van der Waals surface area contributed by atoms with Gasteiger partial charge in [-0.3, -0.25) is 9.69 Å². The largest absolute Gasteiger partial charge is 0.465 e. The first-order valence-corrected chi connectivity index (χ1v) is 15.6. The van der Waals surface area contributed by atoms with Crippen LogP contribution in [-0.4, -0.2) is 74.1 Å². The van der Waals surface area contributed by atoms with Gasteiger partial charge in [0.05, 0.1) is 38.6 Å². The fourth-order valence-electron chi connectivity index (χ4n) is 5.74. The van der Waals surface area contributed by atoms with E-state index in [1.165, 1.54) is 0 Å². The molecule has 0 aliphatic carbocycles. The average Bonchev–Trinajstić information content (AvgIpc) is 3.08. The molecule has 3 aromatic carbocycles. The lowest BCUT2D eigenvalue weighted by atomic mass is 9.90. The van der Waals surface area contributed by atoms with Crippen LogP contribution in [0.5, 0.6) is 0 Å². The van der Waals surface area contributed by atoms with Gasteiger partial charge in [-0.1, -0.05) is 79.7 Å². The first kappa shape index (κ1) is 32.6. The van der Waals surface area contributed by atoms with Crippen molar-refractivity contribution in [3.63, 3.8) is 0 Å². The van der Waals surface area contributed by atoms with Gasteiger partial charge in [-0.25, -0.2) is 4.79 Å². The molecular weight excluding hydrogens is 574 g/mol. The third kappa shape index (κ3) is 8.68. The number of carbonyl (C=O) groups excluding carboxylic acids is 2. The number of urea groups is 1. The highest BCUT2D eigenvalue weighted by Crippen LogP contribution is 2.42. The zero-order valence-electron chi connectivity index (χ0n) is 25.9. The van der Waals surface area contributed by atoms with E-state index < -0.39 is 18.3 Å². The van der Waals surface area contributed by atoms with Gasteiger partial charge in [0.1, 0.15) is 6.54 Å². The zero-order chi connectivity index (χ0) is 31.6. The summed E-state index contributed by atoms with van der Waals surface area (Å²) < 4.78 is 23.7. The minimum atomic E-state index is -0.552. The molecule has 2 aliphatic heterocycles. The molecule has 0 unspecified atom stereocenters. The van der Waals surface area contributed by atoms with Crippen molar-refractivity contribution in [1.82, 2.24) is 15.5 Å². The van der Waals surface area contributed by atoms with Crippen molar-refractivity contribution in [3.05, 3.63) is 95.1 Å². The molecule has 2 saturated heterocycles. The van der Waals surface area contributed by atoms with Crippen LogP contribution in [0.15, 0.2) is 72.8 Å². The molecule has 2 fully saturated rings. The number of hydrogen-bond acceptors (Lipinski definition) is 8. The van der Waals surface area contributed by atoms with E-state index in [9.17, 15) is 14.7 Å². The van der Waals surface area contributed by atoms with E-state index in [2.05, 4.69) is 22.5 Å². The number of esters is 1. The molecule has 0 saturated carbocycles. The smallest absolute Gasteiger partial charge is 0.325 e. The zero-order valence-corrected chi connectivity index (χ0v) is 25.9. The summed E-state index contributed by atoms with van der Waals surface area (Å²) in [6.07, 6.45) is -0.779. The summed E-state index contributed by atoms with van der Waals surface area (Å²) in [5.74, 6) is -0.371. The molecule has 45 heavy (non-hydrogen) atoms. The highest BCUT2D eigenvalue weighted by atomic mass is 16.7. The maximum Gasteiger partial charge on any atom is 0.325 e. The van der Waals surface area contributed by atoms with Crippen LogP contribution in [-0.2, 0) is 36.9 Å². The summed E-state index contributed by atoms with van der Waals surface area (Å²) in [5, 5.41) is 14.9. The van der Waals surface area contributed by atoms with Gasteiger partial charge < -0.3 is 34.7 Å². The van der Waals surface area contributed by atoms with Crippen LogP contribution in [0.1, 0.15) is 48.5 Å². The van der Waals surface area contributed by atoms with Crippen LogP contribution in [0.3, 0.4) is 0 Å². The molecule has 3 aromatic rings. The van der Waals surface area contributed by atoms with E-state index in [0.717, 1.165) is 66.2 Å². The van der Waals surface area contributed by atoms with Gasteiger partial charge in [-0.15, -0.1) is 0 Å². The Morgan fingerprint density at radius 2 is 1.64 bits per heavy atom. The number of morpholine rings is 1. The number of amides is 2. The monoisotopic (exact) mass is 617 g/mol. The Balaban J connectivity index is 1.30. The number of nitrogens with one attached hydrogen (secondary N) is 2. The van der Waals surface area contributed by atoms with E-state index >= 15 is 0 Å². The van der Waals surface area contributed by atoms with Crippen LogP contribution in [0.4, 0.5) is 4.79 Å². The van der Waals surface area contributed by atoms with Crippen molar-refractivity contribution in [3.8, 4) is 11.1 Å². The third-order valence-electron chi connectivity index (χ3n) is 8.31. The molecule has 5 rings (SSSR count). The molecular formula is C35H43N3O7. The molecule has 0 radical (unpaired) electrons. The summed E-state index contributed by atoms with van der Waals surface area (Å²) in [4.78, 5) is 26.2. The second kappa shape index (κ2) is 16.0. The maximum atomic E-state index is 12.3. The fraction of sp³-hybridized carbons (Fsp3) is 0.429. The quantitative estimate of drug-likeness (QED) is 0.272. The van der Waals surface area contributed by atoms with Crippen LogP contribution in [0, 0.1) is 5.92 Å². The third-order valence-corrected chi connectivity index (χ3v) is 8.31. The molecule has 240 valence electrons. The summed E-state index contributed by atoms with van der Waals surface area (Å²) in [7, 11) is 0. The van der Waals surface area contributed by atoms with Crippen molar-refractivity contribution in [1.29, 1.82) is 0 Å². The topological polar surface area (TPSA) is 119 Å². The minimum Gasteiger partial charge on any atom is -0.465 e. The maximum absolute atomic E-state index is 12.3. The second-order valence-electron chi connectivity index (χ2n) is 11.4. The number of rotatable bonds is 11. The highest BCUT2D eigenvalue weighted by molar-refractivity contribution is 5.81. The van der Waals surface area contributed by atoms with Gasteiger partial charge in [0.25, 0.3) is 0 Å². The Morgan fingerprint density at radius 1 is 0.933 bits per heavy atom. The Bertz CT molecular complexity index is 1390. The van der Waals surface area contributed by atoms with Crippen molar-refractivity contribution < 1.29 is 33.6 Å². The molecule has 3 N–H and O–H groups in total. The number of ether oxygens (including phenoxy) is 4. The van der Waals surface area contributed by atoms with Crippen LogP contribution in [0.2, 0.25) is 0 Å². The number of benzene rings is 3. The molecule has 0 bridgehead atoms. The SMILES string of the molecule is CCOC(=O)CNC(=O)NCc1ccccc1-c1ccc([C@@H]2O[C@H](CN3CCOCC3)[C@H](C)[C@H](c3ccc(CO)cc3)O2)cc1. The molecule has 10 nitrogen and oxygen atoms in total. The molecule has 10 heteroatoms. The highest BCUT2D eigenvalue weighted by Gasteiger charge is 2.39. The van der Waals surface area contributed by atoms with E-state index in [-0.39, 0.29) is 37.9 Å². The normalized spacial score (nSPS) is 22.0. The van der Waals surface area contributed by atoms with Crippen LogP contribution < -0.4 is 10.6 Å². The molecule has 2 aliphatic rings. The Hall–Kier alpha value is -3.80. The van der Waals surface area contributed by atoms with Gasteiger partial charge in [0.2, 0.25) is 0 Å². The van der Waals surface area contributed by atoms with Gasteiger partial charge in [0.15, 0.2) is 6.29 Å². The average molecular weight is 618 g/mol. The Morgan fingerprint density at radius 3 is 2.36 bits per heavy atom.